The molecule has 0 saturated carbocycles. The maximum Gasteiger partial charge on any atom is 0.180 e. The van der Waals surface area contributed by atoms with E-state index >= 15 is 0 Å². The normalized spacial score (nSPS) is 11.0. The molecule has 2 heterocycles. The van der Waals surface area contributed by atoms with Gasteiger partial charge in [0.25, 0.3) is 0 Å². The number of pyridine rings is 1. The molecule has 0 atom stereocenters. The minimum Gasteiger partial charge on any atom is -0.375 e. The van der Waals surface area contributed by atoms with Crippen molar-refractivity contribution in [2.45, 2.75) is 13.8 Å². The Labute approximate surface area is 109 Å². The molecular weight excluding hydrogens is 242 g/mol. The maximum atomic E-state index is 5.72. The van der Waals surface area contributed by atoms with Crippen molar-refractivity contribution in [2.75, 3.05) is 5.73 Å². The van der Waals surface area contributed by atoms with E-state index in [1.165, 1.54) is 16.9 Å². The number of hydrogen-bond acceptors (Lipinski definition) is 4. The molecule has 18 heavy (non-hydrogen) atoms. The summed E-state index contributed by atoms with van der Waals surface area (Å²) in [6, 6.07) is 8.34. The van der Waals surface area contributed by atoms with Gasteiger partial charge in [-0.2, -0.15) is 0 Å². The average Bonchev–Trinajstić information content (AvgIpc) is 2.75. The lowest BCUT2D eigenvalue weighted by molar-refractivity contribution is 1.25. The summed E-state index contributed by atoms with van der Waals surface area (Å²) in [6.07, 6.45) is 0. The molecule has 0 fully saturated rings. The van der Waals surface area contributed by atoms with E-state index < -0.39 is 0 Å². The summed E-state index contributed by atoms with van der Waals surface area (Å²) >= 11 is 1.46. The summed E-state index contributed by atoms with van der Waals surface area (Å²) < 4.78 is 0. The predicted molar refractivity (Wildman–Crippen MR) is 76.7 cm³/mol. The lowest BCUT2D eigenvalue weighted by atomic mass is 10.0. The molecular formula is C14H13N3S. The molecule has 2 aromatic heterocycles. The van der Waals surface area contributed by atoms with Gasteiger partial charge in [-0.25, -0.2) is 4.98 Å². The lowest BCUT2D eigenvalue weighted by Crippen LogP contribution is -1.90. The molecule has 0 unspecified atom stereocenters. The molecule has 0 spiro atoms. The van der Waals surface area contributed by atoms with Crippen LogP contribution < -0.4 is 5.73 Å². The number of hydrogen-bond donors (Lipinski definition) is 1. The van der Waals surface area contributed by atoms with E-state index in [0.717, 1.165) is 27.9 Å². The van der Waals surface area contributed by atoms with Crippen LogP contribution in [0.1, 0.15) is 11.3 Å². The molecule has 0 saturated heterocycles. The smallest absolute Gasteiger partial charge is 0.180 e. The monoisotopic (exact) mass is 255 g/mol. The highest BCUT2D eigenvalue weighted by atomic mass is 32.1. The standard InChI is InChI=1S/C14H13N3S/c1-8-3-4-12-10(5-8)11(6-9(2)16-12)13-7-18-14(15)17-13/h3-7H,1-2H3,(H2,15,17). The molecule has 3 rings (SSSR count). The molecule has 0 bridgehead atoms. The Morgan fingerprint density at radius 2 is 1.94 bits per heavy atom. The van der Waals surface area contributed by atoms with Crippen LogP contribution in [0.5, 0.6) is 0 Å². The zero-order valence-electron chi connectivity index (χ0n) is 10.3. The van der Waals surface area contributed by atoms with E-state index in [2.05, 4.69) is 41.2 Å². The van der Waals surface area contributed by atoms with Gasteiger partial charge in [0.1, 0.15) is 0 Å². The molecule has 90 valence electrons. The van der Waals surface area contributed by atoms with Crippen molar-refractivity contribution in [1.29, 1.82) is 0 Å². The minimum atomic E-state index is 0.597. The lowest BCUT2D eigenvalue weighted by Gasteiger charge is -2.06. The second-order valence-electron chi connectivity index (χ2n) is 4.40. The first-order valence-electron chi connectivity index (χ1n) is 5.73. The number of rotatable bonds is 1. The molecule has 0 aliphatic carbocycles. The molecule has 0 aliphatic rings. The summed E-state index contributed by atoms with van der Waals surface area (Å²) in [4.78, 5) is 8.92. The van der Waals surface area contributed by atoms with Crippen LogP contribution in [0.25, 0.3) is 22.2 Å². The van der Waals surface area contributed by atoms with E-state index in [4.69, 9.17) is 5.73 Å². The highest BCUT2D eigenvalue weighted by Crippen LogP contribution is 2.30. The molecule has 0 aliphatic heterocycles. The van der Waals surface area contributed by atoms with Crippen LogP contribution in [-0.2, 0) is 0 Å². The van der Waals surface area contributed by atoms with E-state index in [0.29, 0.717) is 5.13 Å². The van der Waals surface area contributed by atoms with Crippen molar-refractivity contribution in [3.05, 3.63) is 40.9 Å². The fraction of sp³-hybridized carbons (Fsp3) is 0.143. The average molecular weight is 255 g/mol. The fourth-order valence-corrected chi connectivity index (χ4v) is 2.66. The van der Waals surface area contributed by atoms with Gasteiger partial charge in [-0.3, -0.25) is 4.98 Å². The van der Waals surface area contributed by atoms with Gasteiger partial charge in [0.05, 0.1) is 11.2 Å². The second-order valence-corrected chi connectivity index (χ2v) is 5.29. The van der Waals surface area contributed by atoms with Gasteiger partial charge >= 0.3 is 0 Å². The topological polar surface area (TPSA) is 51.8 Å². The van der Waals surface area contributed by atoms with Crippen molar-refractivity contribution in [1.82, 2.24) is 9.97 Å². The third-order valence-electron chi connectivity index (χ3n) is 2.89. The number of benzene rings is 1. The van der Waals surface area contributed by atoms with Crippen molar-refractivity contribution in [3.8, 4) is 11.3 Å². The fourth-order valence-electron chi connectivity index (χ4n) is 2.10. The van der Waals surface area contributed by atoms with Crippen LogP contribution in [0.2, 0.25) is 0 Å². The Kier molecular flexibility index (Phi) is 2.52. The van der Waals surface area contributed by atoms with Crippen LogP contribution in [-0.4, -0.2) is 9.97 Å². The van der Waals surface area contributed by atoms with Crippen molar-refractivity contribution in [2.24, 2.45) is 0 Å². The Balaban J connectivity index is 2.36. The predicted octanol–water partition coefficient (Wildman–Crippen LogP) is 3.56. The van der Waals surface area contributed by atoms with Crippen molar-refractivity contribution < 1.29 is 0 Å². The summed E-state index contributed by atoms with van der Waals surface area (Å²) in [5.74, 6) is 0. The highest BCUT2D eigenvalue weighted by molar-refractivity contribution is 7.13. The van der Waals surface area contributed by atoms with E-state index in [1.807, 2.05) is 12.3 Å². The number of nitrogens with zero attached hydrogens (tertiary/aromatic N) is 2. The largest absolute Gasteiger partial charge is 0.375 e. The highest BCUT2D eigenvalue weighted by Gasteiger charge is 2.09. The molecule has 4 heteroatoms. The number of nitrogen functional groups attached to an aromatic ring is 1. The SMILES string of the molecule is Cc1ccc2nc(C)cc(-c3csc(N)n3)c2c1. The first-order valence-corrected chi connectivity index (χ1v) is 6.61. The van der Waals surface area contributed by atoms with Crippen LogP contribution in [0.4, 0.5) is 5.13 Å². The summed E-state index contributed by atoms with van der Waals surface area (Å²) in [5.41, 5.74) is 11.0. The van der Waals surface area contributed by atoms with Gasteiger partial charge in [0, 0.05) is 22.0 Å². The van der Waals surface area contributed by atoms with Crippen LogP contribution >= 0.6 is 11.3 Å². The third kappa shape index (κ3) is 1.84. The number of nitrogens with two attached hydrogens (primary N) is 1. The first kappa shape index (κ1) is 11.2. The second kappa shape index (κ2) is 4.07. The molecule has 2 N–H and O–H groups in total. The number of anilines is 1. The first-order chi connectivity index (χ1) is 8.63. The Bertz CT molecular complexity index is 731. The van der Waals surface area contributed by atoms with Crippen molar-refractivity contribution in [3.63, 3.8) is 0 Å². The molecule has 0 amide bonds. The number of aromatic nitrogens is 2. The summed E-state index contributed by atoms with van der Waals surface area (Å²) in [7, 11) is 0. The zero-order chi connectivity index (χ0) is 12.7. The van der Waals surface area contributed by atoms with Gasteiger partial charge in [-0.15, -0.1) is 11.3 Å². The third-order valence-corrected chi connectivity index (χ3v) is 3.56. The molecule has 3 aromatic rings. The van der Waals surface area contributed by atoms with Gasteiger partial charge < -0.3 is 5.73 Å². The molecule has 3 nitrogen and oxygen atoms in total. The number of fused-ring (bicyclic) bond motifs is 1. The van der Waals surface area contributed by atoms with Gasteiger partial charge in [-0.1, -0.05) is 11.6 Å². The minimum absolute atomic E-state index is 0.597. The van der Waals surface area contributed by atoms with Crippen LogP contribution in [0, 0.1) is 13.8 Å². The zero-order valence-corrected chi connectivity index (χ0v) is 11.1. The quantitative estimate of drug-likeness (QED) is 0.723. The van der Waals surface area contributed by atoms with Crippen LogP contribution in [0.15, 0.2) is 29.6 Å². The summed E-state index contributed by atoms with van der Waals surface area (Å²) in [5, 5.41) is 3.72. The Morgan fingerprint density at radius 1 is 1.11 bits per heavy atom. The van der Waals surface area contributed by atoms with E-state index in [-0.39, 0.29) is 0 Å². The van der Waals surface area contributed by atoms with Crippen LogP contribution in [0.3, 0.4) is 0 Å². The van der Waals surface area contributed by atoms with E-state index in [1.54, 1.807) is 0 Å². The number of aryl methyl sites for hydroxylation is 2. The van der Waals surface area contributed by atoms with Gasteiger partial charge in [0.15, 0.2) is 5.13 Å². The Hall–Kier alpha value is -1.94. The molecule has 0 radical (unpaired) electrons. The Morgan fingerprint density at radius 3 is 2.67 bits per heavy atom. The van der Waals surface area contributed by atoms with Crippen molar-refractivity contribution >= 4 is 27.4 Å². The van der Waals surface area contributed by atoms with E-state index in [9.17, 15) is 0 Å². The molecule has 1 aromatic carbocycles. The van der Waals surface area contributed by atoms with Gasteiger partial charge in [-0.05, 0) is 32.0 Å². The maximum absolute atomic E-state index is 5.72. The van der Waals surface area contributed by atoms with Gasteiger partial charge in [0.2, 0.25) is 0 Å². The summed E-state index contributed by atoms with van der Waals surface area (Å²) in [6.45, 7) is 4.08. The number of thiazole rings is 1.